The zero-order valence-electron chi connectivity index (χ0n) is 19.7. The summed E-state index contributed by atoms with van der Waals surface area (Å²) in [5.41, 5.74) is 2.70. The summed E-state index contributed by atoms with van der Waals surface area (Å²) in [7, 11) is 1.52. The van der Waals surface area contributed by atoms with Crippen LogP contribution in [0.5, 0.6) is 0 Å². The van der Waals surface area contributed by atoms with Gasteiger partial charge in [0.25, 0.3) is 5.91 Å². The standard InChI is InChI=1S/C23H34N6O4/c1-14(2)13-29(17-7-9-33-10-8-17)19-6-5-16(15(3)11-20(30)31)12-18(19)25-23-26-21(27-28-23)22(32)24-4/h5-6,12,14-15,17H,7-11,13H2,1-4H3,(H,24,32)(H,30,31)(H2,25,26,27,28)/t15-/m1/s1. The molecule has 1 amide bonds. The van der Waals surface area contributed by atoms with Crippen molar-refractivity contribution >= 4 is 29.2 Å². The minimum atomic E-state index is -0.838. The van der Waals surface area contributed by atoms with E-state index < -0.39 is 5.97 Å². The number of anilines is 3. The van der Waals surface area contributed by atoms with Gasteiger partial charge < -0.3 is 25.4 Å². The van der Waals surface area contributed by atoms with E-state index in [0.29, 0.717) is 17.9 Å². The number of H-pyrrole nitrogens is 1. The number of carboxylic acid groups (broad SMARTS) is 1. The van der Waals surface area contributed by atoms with Gasteiger partial charge in [0.2, 0.25) is 11.8 Å². The third-order valence-corrected chi connectivity index (χ3v) is 5.74. The van der Waals surface area contributed by atoms with Gasteiger partial charge in [0.05, 0.1) is 17.8 Å². The van der Waals surface area contributed by atoms with Crippen LogP contribution in [-0.4, -0.2) is 65.0 Å². The third-order valence-electron chi connectivity index (χ3n) is 5.74. The van der Waals surface area contributed by atoms with Gasteiger partial charge in [-0.2, -0.15) is 4.98 Å². The van der Waals surface area contributed by atoms with Gasteiger partial charge in [-0.15, -0.1) is 5.10 Å². The Bertz CT molecular complexity index is 954. The number of carbonyl (C=O) groups excluding carboxylic acids is 1. The highest BCUT2D eigenvalue weighted by atomic mass is 16.5. The van der Waals surface area contributed by atoms with Crippen molar-refractivity contribution < 1.29 is 19.4 Å². The molecule has 1 atom stereocenters. The maximum Gasteiger partial charge on any atom is 0.303 e. The highest BCUT2D eigenvalue weighted by molar-refractivity contribution is 5.90. The Kier molecular flexibility index (Phi) is 8.26. The number of carboxylic acids is 1. The van der Waals surface area contributed by atoms with Crippen molar-refractivity contribution in [2.75, 3.05) is 37.0 Å². The molecule has 33 heavy (non-hydrogen) atoms. The molecule has 1 aliphatic rings. The van der Waals surface area contributed by atoms with E-state index in [2.05, 4.69) is 44.6 Å². The van der Waals surface area contributed by atoms with Crippen molar-refractivity contribution in [2.45, 2.75) is 52.0 Å². The van der Waals surface area contributed by atoms with Gasteiger partial charge in [-0.1, -0.05) is 26.8 Å². The van der Waals surface area contributed by atoms with E-state index in [9.17, 15) is 14.7 Å². The van der Waals surface area contributed by atoms with Crippen molar-refractivity contribution in [3.05, 3.63) is 29.6 Å². The molecule has 1 aliphatic heterocycles. The summed E-state index contributed by atoms with van der Waals surface area (Å²) in [4.78, 5) is 29.8. The first-order valence-electron chi connectivity index (χ1n) is 11.4. The molecule has 4 N–H and O–H groups in total. The molecule has 180 valence electrons. The highest BCUT2D eigenvalue weighted by Crippen LogP contribution is 2.35. The molecule has 0 radical (unpaired) electrons. The average molecular weight is 459 g/mol. The zero-order valence-corrected chi connectivity index (χ0v) is 19.7. The van der Waals surface area contributed by atoms with Crippen LogP contribution in [0.1, 0.15) is 62.1 Å². The lowest BCUT2D eigenvalue weighted by molar-refractivity contribution is -0.137. The van der Waals surface area contributed by atoms with Crippen molar-refractivity contribution in [2.24, 2.45) is 5.92 Å². The molecular weight excluding hydrogens is 424 g/mol. The van der Waals surface area contributed by atoms with E-state index in [4.69, 9.17) is 4.74 Å². The molecule has 2 aromatic rings. The second kappa shape index (κ2) is 11.1. The van der Waals surface area contributed by atoms with Gasteiger partial charge in [0, 0.05) is 32.8 Å². The number of carbonyl (C=O) groups is 2. The van der Waals surface area contributed by atoms with Gasteiger partial charge in [-0.25, -0.2) is 5.10 Å². The fourth-order valence-electron chi connectivity index (χ4n) is 4.08. The Morgan fingerprint density at radius 3 is 2.64 bits per heavy atom. The second-order valence-electron chi connectivity index (χ2n) is 8.88. The summed E-state index contributed by atoms with van der Waals surface area (Å²) in [5.74, 6) is -0.553. The van der Waals surface area contributed by atoms with Crippen LogP contribution < -0.4 is 15.5 Å². The Morgan fingerprint density at radius 2 is 2.00 bits per heavy atom. The van der Waals surface area contributed by atoms with Crippen LogP contribution in [0.15, 0.2) is 18.2 Å². The van der Waals surface area contributed by atoms with E-state index in [1.807, 2.05) is 25.1 Å². The Labute approximate surface area is 194 Å². The molecule has 1 saturated heterocycles. The van der Waals surface area contributed by atoms with Gasteiger partial charge in [-0.3, -0.25) is 9.59 Å². The van der Waals surface area contributed by atoms with Crippen molar-refractivity contribution in [3.8, 4) is 0 Å². The first kappa shape index (κ1) is 24.5. The first-order valence-corrected chi connectivity index (χ1v) is 11.4. The number of aromatic nitrogens is 3. The number of aliphatic carboxylic acids is 1. The summed E-state index contributed by atoms with van der Waals surface area (Å²) in [6.45, 7) is 8.60. The second-order valence-corrected chi connectivity index (χ2v) is 8.88. The maximum absolute atomic E-state index is 11.9. The summed E-state index contributed by atoms with van der Waals surface area (Å²) in [6, 6.07) is 6.35. The molecule has 0 spiro atoms. The lowest BCUT2D eigenvalue weighted by atomic mass is 9.95. The number of ether oxygens (including phenoxy) is 1. The molecule has 0 bridgehead atoms. The summed E-state index contributed by atoms with van der Waals surface area (Å²) in [6.07, 6.45) is 1.91. The number of hydrogen-bond acceptors (Lipinski definition) is 7. The lowest BCUT2D eigenvalue weighted by Gasteiger charge is -2.38. The van der Waals surface area contributed by atoms with Gasteiger partial charge >= 0.3 is 5.97 Å². The number of amides is 1. The Hall–Kier alpha value is -3.14. The SMILES string of the molecule is CNC(=O)c1n[nH]c(Nc2cc([C@H](C)CC(=O)O)ccc2N(CC(C)C)C2CCOCC2)n1. The van der Waals surface area contributed by atoms with Crippen molar-refractivity contribution in [3.63, 3.8) is 0 Å². The number of hydrogen-bond donors (Lipinski definition) is 4. The molecule has 0 unspecified atom stereocenters. The molecule has 3 rings (SSSR count). The quantitative estimate of drug-likeness (QED) is 0.427. The van der Waals surface area contributed by atoms with Crippen molar-refractivity contribution in [1.29, 1.82) is 0 Å². The fourth-order valence-corrected chi connectivity index (χ4v) is 4.08. The molecule has 10 nitrogen and oxygen atoms in total. The van der Waals surface area contributed by atoms with Crippen LogP contribution in [0.4, 0.5) is 17.3 Å². The maximum atomic E-state index is 11.9. The normalized spacial score (nSPS) is 15.3. The molecule has 1 fully saturated rings. The van der Waals surface area contributed by atoms with E-state index in [1.54, 1.807) is 0 Å². The Balaban J connectivity index is 2.00. The van der Waals surface area contributed by atoms with Crippen LogP contribution in [0.3, 0.4) is 0 Å². The average Bonchev–Trinajstić information content (AvgIpc) is 3.25. The largest absolute Gasteiger partial charge is 0.481 e. The third kappa shape index (κ3) is 6.44. The van der Waals surface area contributed by atoms with Gasteiger partial charge in [-0.05, 0) is 42.4 Å². The molecule has 1 aromatic heterocycles. The number of benzene rings is 1. The minimum absolute atomic E-state index is 0.0393. The summed E-state index contributed by atoms with van der Waals surface area (Å²) < 4.78 is 5.58. The van der Waals surface area contributed by atoms with E-state index in [1.165, 1.54) is 7.05 Å². The molecule has 2 heterocycles. The highest BCUT2D eigenvalue weighted by Gasteiger charge is 2.26. The topological polar surface area (TPSA) is 132 Å². The zero-order chi connectivity index (χ0) is 24.0. The molecule has 0 saturated carbocycles. The number of rotatable bonds is 10. The van der Waals surface area contributed by atoms with E-state index in [0.717, 1.165) is 49.5 Å². The van der Waals surface area contributed by atoms with Crippen LogP contribution in [-0.2, 0) is 9.53 Å². The predicted octanol–water partition coefficient (Wildman–Crippen LogP) is 3.13. The smallest absolute Gasteiger partial charge is 0.303 e. The molecule has 1 aromatic carbocycles. The summed E-state index contributed by atoms with van der Waals surface area (Å²) >= 11 is 0. The minimum Gasteiger partial charge on any atom is -0.481 e. The predicted molar refractivity (Wildman–Crippen MR) is 126 cm³/mol. The molecular formula is C23H34N6O4. The number of nitrogens with zero attached hydrogens (tertiary/aromatic N) is 3. The summed E-state index contributed by atoms with van der Waals surface area (Å²) in [5, 5.41) is 21.8. The van der Waals surface area contributed by atoms with E-state index in [-0.39, 0.29) is 24.1 Å². The van der Waals surface area contributed by atoms with Crippen LogP contribution >= 0.6 is 0 Å². The molecule has 10 heteroatoms. The van der Waals surface area contributed by atoms with Crippen LogP contribution in [0.2, 0.25) is 0 Å². The van der Waals surface area contributed by atoms with Crippen LogP contribution in [0.25, 0.3) is 0 Å². The number of nitrogens with one attached hydrogen (secondary N) is 3. The first-order chi connectivity index (χ1) is 15.8. The van der Waals surface area contributed by atoms with Crippen LogP contribution in [0, 0.1) is 5.92 Å². The fraction of sp³-hybridized carbons (Fsp3) is 0.565. The number of aromatic amines is 1. The van der Waals surface area contributed by atoms with Crippen molar-refractivity contribution in [1.82, 2.24) is 20.5 Å². The van der Waals surface area contributed by atoms with Gasteiger partial charge in [0.1, 0.15) is 0 Å². The monoisotopic (exact) mass is 458 g/mol. The Morgan fingerprint density at radius 1 is 1.27 bits per heavy atom. The lowest BCUT2D eigenvalue weighted by Crippen LogP contribution is -2.42. The molecule has 0 aliphatic carbocycles. The van der Waals surface area contributed by atoms with E-state index >= 15 is 0 Å². The van der Waals surface area contributed by atoms with Gasteiger partial charge in [0.15, 0.2) is 0 Å².